The molecule has 2 nitrogen and oxygen atoms in total. The van der Waals surface area contributed by atoms with Crippen LogP contribution in [0.5, 0.6) is 0 Å². The van der Waals surface area contributed by atoms with Crippen LogP contribution in [-0.4, -0.2) is 5.11 Å². The Bertz CT molecular complexity index is 653. The van der Waals surface area contributed by atoms with Crippen LogP contribution in [0.1, 0.15) is 36.1 Å². The molecule has 0 radical (unpaired) electrons. The maximum absolute atomic E-state index is 13.6. The number of halogens is 1. The van der Waals surface area contributed by atoms with Crippen molar-refractivity contribution in [2.45, 2.75) is 33.2 Å². The molecule has 2 N–H and O–H groups in total. The Morgan fingerprint density at radius 3 is 2.41 bits per heavy atom. The summed E-state index contributed by atoms with van der Waals surface area (Å²) in [5.74, 6) is -0.238. The molecule has 1 atom stereocenters. The molecule has 0 saturated heterocycles. The second-order valence-electron chi connectivity index (χ2n) is 5.43. The van der Waals surface area contributed by atoms with Crippen molar-refractivity contribution in [2.75, 3.05) is 5.32 Å². The van der Waals surface area contributed by atoms with Crippen LogP contribution in [0.4, 0.5) is 10.1 Å². The fourth-order valence-electron chi connectivity index (χ4n) is 2.22. The Labute approximate surface area is 136 Å². The molecule has 0 bridgehead atoms. The minimum atomic E-state index is -0.238. The van der Waals surface area contributed by atoms with Gasteiger partial charge in [-0.2, -0.15) is 0 Å². The first-order chi connectivity index (χ1) is 10.5. The summed E-state index contributed by atoms with van der Waals surface area (Å²) in [4.78, 5) is 0. The van der Waals surface area contributed by atoms with Crippen molar-refractivity contribution in [3.63, 3.8) is 0 Å². The van der Waals surface area contributed by atoms with Crippen LogP contribution in [0.15, 0.2) is 42.5 Å². The Kier molecular flexibility index (Phi) is 5.50. The van der Waals surface area contributed by atoms with E-state index in [-0.39, 0.29) is 11.9 Å². The van der Waals surface area contributed by atoms with Gasteiger partial charge < -0.3 is 10.6 Å². The van der Waals surface area contributed by atoms with E-state index in [2.05, 4.69) is 48.7 Å². The Balaban J connectivity index is 2.02. The predicted octanol–water partition coefficient (Wildman–Crippen LogP) is 4.88. The van der Waals surface area contributed by atoms with Crippen molar-refractivity contribution >= 4 is 23.0 Å². The van der Waals surface area contributed by atoms with Crippen LogP contribution in [0.3, 0.4) is 0 Å². The normalized spacial score (nSPS) is 11.8. The van der Waals surface area contributed by atoms with E-state index in [9.17, 15) is 4.39 Å². The molecule has 0 spiro atoms. The van der Waals surface area contributed by atoms with Gasteiger partial charge >= 0.3 is 0 Å². The van der Waals surface area contributed by atoms with Gasteiger partial charge in [-0.3, -0.25) is 0 Å². The van der Waals surface area contributed by atoms with Gasteiger partial charge in [0.15, 0.2) is 5.11 Å². The van der Waals surface area contributed by atoms with Gasteiger partial charge in [-0.25, -0.2) is 4.39 Å². The first-order valence-corrected chi connectivity index (χ1v) is 7.80. The third-order valence-electron chi connectivity index (χ3n) is 3.62. The van der Waals surface area contributed by atoms with Crippen LogP contribution >= 0.6 is 12.2 Å². The summed E-state index contributed by atoms with van der Waals surface area (Å²) in [7, 11) is 0. The van der Waals surface area contributed by atoms with Crippen LogP contribution in [0, 0.1) is 19.7 Å². The molecule has 0 aliphatic carbocycles. The quantitative estimate of drug-likeness (QED) is 0.786. The van der Waals surface area contributed by atoms with Crippen molar-refractivity contribution in [3.8, 4) is 0 Å². The van der Waals surface area contributed by atoms with Gasteiger partial charge in [-0.15, -0.1) is 0 Å². The Hall–Kier alpha value is -1.94. The fourth-order valence-corrected chi connectivity index (χ4v) is 2.48. The molecule has 0 aliphatic heterocycles. The molecular weight excluding hydrogens is 295 g/mol. The number of benzene rings is 2. The lowest BCUT2D eigenvalue weighted by Crippen LogP contribution is -2.32. The number of thiocarbonyl (C=S) groups is 1. The molecule has 116 valence electrons. The van der Waals surface area contributed by atoms with Gasteiger partial charge in [-0.1, -0.05) is 42.8 Å². The van der Waals surface area contributed by atoms with Crippen molar-refractivity contribution in [1.82, 2.24) is 5.32 Å². The van der Waals surface area contributed by atoms with Crippen LogP contribution in [0.2, 0.25) is 0 Å². The van der Waals surface area contributed by atoms with Gasteiger partial charge in [0.1, 0.15) is 5.82 Å². The van der Waals surface area contributed by atoms with E-state index in [1.807, 2.05) is 6.07 Å². The van der Waals surface area contributed by atoms with Gasteiger partial charge in [-0.05, 0) is 55.7 Å². The monoisotopic (exact) mass is 316 g/mol. The van der Waals surface area contributed by atoms with E-state index >= 15 is 0 Å². The second kappa shape index (κ2) is 7.36. The van der Waals surface area contributed by atoms with Gasteiger partial charge in [0, 0.05) is 5.69 Å². The zero-order chi connectivity index (χ0) is 16.1. The summed E-state index contributed by atoms with van der Waals surface area (Å²) in [6.07, 6.45) is 0.910. The lowest BCUT2D eigenvalue weighted by Gasteiger charge is -2.20. The smallest absolute Gasteiger partial charge is 0.171 e. The Morgan fingerprint density at radius 2 is 1.82 bits per heavy atom. The highest BCUT2D eigenvalue weighted by Gasteiger charge is 2.10. The molecule has 4 heteroatoms. The molecule has 22 heavy (non-hydrogen) atoms. The number of aryl methyl sites for hydroxylation is 2. The molecule has 2 aromatic carbocycles. The van der Waals surface area contributed by atoms with E-state index < -0.39 is 0 Å². The first kappa shape index (κ1) is 16.4. The van der Waals surface area contributed by atoms with Crippen LogP contribution in [-0.2, 0) is 0 Å². The van der Waals surface area contributed by atoms with Crippen molar-refractivity contribution in [3.05, 3.63) is 65.0 Å². The van der Waals surface area contributed by atoms with Crippen molar-refractivity contribution < 1.29 is 4.39 Å². The summed E-state index contributed by atoms with van der Waals surface area (Å²) in [6, 6.07) is 13.5. The lowest BCUT2D eigenvalue weighted by atomic mass is 10.0. The summed E-state index contributed by atoms with van der Waals surface area (Å²) >= 11 is 5.34. The molecule has 0 aromatic heterocycles. The molecular formula is C18H21FN2S. The summed E-state index contributed by atoms with van der Waals surface area (Å²) in [5.41, 5.74) is 3.69. The number of hydrogen-bond donors (Lipinski definition) is 2. The summed E-state index contributed by atoms with van der Waals surface area (Å²) < 4.78 is 13.6. The SMILES string of the molecule is CC[C@@H](NC(=S)Nc1ccc(C)c(F)c1)c1ccc(C)cc1. The fraction of sp³-hybridized carbons (Fsp3) is 0.278. The minimum absolute atomic E-state index is 0.135. The highest BCUT2D eigenvalue weighted by atomic mass is 32.1. The highest BCUT2D eigenvalue weighted by molar-refractivity contribution is 7.80. The third kappa shape index (κ3) is 4.28. The Morgan fingerprint density at radius 1 is 1.14 bits per heavy atom. The van der Waals surface area contributed by atoms with Gasteiger partial charge in [0.05, 0.1) is 6.04 Å². The second-order valence-corrected chi connectivity index (χ2v) is 5.84. The van der Waals surface area contributed by atoms with Gasteiger partial charge in [0.25, 0.3) is 0 Å². The van der Waals surface area contributed by atoms with E-state index in [1.165, 1.54) is 17.2 Å². The summed E-state index contributed by atoms with van der Waals surface area (Å²) in [6.45, 7) is 5.90. The zero-order valence-corrected chi connectivity index (χ0v) is 13.9. The first-order valence-electron chi connectivity index (χ1n) is 7.40. The average Bonchev–Trinajstić information content (AvgIpc) is 2.49. The zero-order valence-electron chi connectivity index (χ0n) is 13.1. The van der Waals surface area contributed by atoms with Crippen LogP contribution in [0.25, 0.3) is 0 Å². The molecule has 0 unspecified atom stereocenters. The molecule has 0 saturated carbocycles. The third-order valence-corrected chi connectivity index (χ3v) is 3.84. The van der Waals surface area contributed by atoms with Crippen molar-refractivity contribution in [2.24, 2.45) is 0 Å². The topological polar surface area (TPSA) is 24.1 Å². The van der Waals surface area contributed by atoms with Gasteiger partial charge in [0.2, 0.25) is 0 Å². The molecule has 2 rings (SSSR count). The molecule has 0 amide bonds. The molecule has 0 fully saturated rings. The molecule has 0 heterocycles. The number of nitrogens with one attached hydrogen (secondary N) is 2. The maximum Gasteiger partial charge on any atom is 0.171 e. The largest absolute Gasteiger partial charge is 0.356 e. The molecule has 0 aliphatic rings. The minimum Gasteiger partial charge on any atom is -0.356 e. The predicted molar refractivity (Wildman–Crippen MR) is 94.7 cm³/mol. The number of anilines is 1. The summed E-state index contributed by atoms with van der Waals surface area (Å²) in [5, 5.41) is 6.82. The number of rotatable bonds is 4. The lowest BCUT2D eigenvalue weighted by molar-refractivity contribution is 0.618. The molecule has 2 aromatic rings. The maximum atomic E-state index is 13.6. The highest BCUT2D eigenvalue weighted by Crippen LogP contribution is 2.18. The van der Waals surface area contributed by atoms with E-state index in [4.69, 9.17) is 12.2 Å². The average molecular weight is 316 g/mol. The van der Waals surface area contributed by atoms with E-state index in [0.717, 1.165) is 6.42 Å². The van der Waals surface area contributed by atoms with Crippen LogP contribution < -0.4 is 10.6 Å². The van der Waals surface area contributed by atoms with E-state index in [1.54, 1.807) is 13.0 Å². The number of hydrogen-bond acceptors (Lipinski definition) is 1. The van der Waals surface area contributed by atoms with E-state index in [0.29, 0.717) is 16.4 Å². The standard InChI is InChI=1S/C18H21FN2S/c1-4-17(14-8-5-12(2)6-9-14)21-18(22)20-15-10-7-13(3)16(19)11-15/h5-11,17H,4H2,1-3H3,(H2,20,21,22)/t17-/m1/s1. The van der Waals surface area contributed by atoms with Crippen molar-refractivity contribution in [1.29, 1.82) is 0 Å².